The van der Waals surface area contributed by atoms with Crippen molar-refractivity contribution in [3.63, 3.8) is 0 Å². The van der Waals surface area contributed by atoms with Gasteiger partial charge < -0.3 is 4.57 Å². The average Bonchev–Trinajstić information content (AvgIpc) is 3.85. The van der Waals surface area contributed by atoms with Gasteiger partial charge in [-0.05, 0) is 48.5 Å². The van der Waals surface area contributed by atoms with Gasteiger partial charge >= 0.3 is 0 Å². The van der Waals surface area contributed by atoms with E-state index in [0.717, 1.165) is 32.5 Å². The van der Waals surface area contributed by atoms with Gasteiger partial charge in [-0.15, -0.1) is 0 Å². The molecule has 0 aliphatic rings. The van der Waals surface area contributed by atoms with Gasteiger partial charge in [0.25, 0.3) is 0 Å². The second-order valence-electron chi connectivity index (χ2n) is 10.4. The molecule has 4 heterocycles. The first kappa shape index (κ1) is 23.3. The van der Waals surface area contributed by atoms with Crippen LogP contribution in [0.25, 0.3) is 70.6 Å². The van der Waals surface area contributed by atoms with Crippen LogP contribution in [0.3, 0.4) is 0 Å². The summed E-state index contributed by atoms with van der Waals surface area (Å²) in [6, 6.07) is 43.0. The predicted octanol–water partition coefficient (Wildman–Crippen LogP) is 9.19. The van der Waals surface area contributed by atoms with E-state index in [9.17, 15) is 0 Å². The predicted molar refractivity (Wildman–Crippen MR) is 173 cm³/mol. The zero-order chi connectivity index (χ0) is 27.6. The van der Waals surface area contributed by atoms with Gasteiger partial charge in [-0.1, -0.05) is 84.1 Å². The van der Waals surface area contributed by atoms with Gasteiger partial charge in [0.15, 0.2) is 0 Å². The summed E-state index contributed by atoms with van der Waals surface area (Å²) in [7, 11) is 0. The summed E-state index contributed by atoms with van der Waals surface area (Å²) < 4.78 is 6.58. The van der Waals surface area contributed by atoms with E-state index >= 15 is 0 Å². The van der Waals surface area contributed by atoms with Crippen LogP contribution in [0, 0.1) is 0 Å². The maximum atomic E-state index is 4.94. The summed E-state index contributed by atoms with van der Waals surface area (Å²) in [6.07, 6.45) is 5.79. The Kier molecular flexibility index (Phi) is 5.00. The summed E-state index contributed by atoms with van der Waals surface area (Å²) in [5, 5.41) is 11.5. The zero-order valence-electron chi connectivity index (χ0n) is 22.4. The van der Waals surface area contributed by atoms with E-state index in [-0.39, 0.29) is 0 Å². The Bertz CT molecular complexity index is 2370. The summed E-state index contributed by atoms with van der Waals surface area (Å²) in [4.78, 5) is 4.94. The fraction of sp³-hybridized carbons (Fsp3) is 0. The second-order valence-corrected chi connectivity index (χ2v) is 11.4. The first-order valence-electron chi connectivity index (χ1n) is 13.9. The van der Waals surface area contributed by atoms with Crippen molar-refractivity contribution in [2.24, 2.45) is 0 Å². The standard InChI is InChI=1S/C36H23N5S/c1-4-14-31-29(13-1)30-18-17-24(21-34(30)40(31)26-10-7-9-25(22-26)39-20-8-19-38-39)36-37-23-35(42-36)41-32-15-5-2-11-27(32)28-12-3-6-16-33(28)41/h1-23H. The van der Waals surface area contributed by atoms with Gasteiger partial charge in [0, 0.05) is 45.2 Å². The molecule has 9 aromatic rings. The molecule has 0 fully saturated rings. The number of thiazole rings is 1. The summed E-state index contributed by atoms with van der Waals surface area (Å²) in [5.41, 5.74) is 7.94. The van der Waals surface area contributed by atoms with Crippen LogP contribution in [0.4, 0.5) is 0 Å². The smallest absolute Gasteiger partial charge is 0.125 e. The van der Waals surface area contributed by atoms with E-state index in [1.54, 1.807) is 17.5 Å². The summed E-state index contributed by atoms with van der Waals surface area (Å²) in [6.45, 7) is 0. The Labute approximate surface area is 245 Å². The van der Waals surface area contributed by atoms with Gasteiger partial charge in [0.05, 0.1) is 34.0 Å². The number of fused-ring (bicyclic) bond motifs is 6. The Balaban J connectivity index is 1.23. The van der Waals surface area contributed by atoms with Gasteiger partial charge in [-0.3, -0.25) is 4.57 Å². The number of rotatable bonds is 4. The van der Waals surface area contributed by atoms with E-state index in [2.05, 4.69) is 129 Å². The largest absolute Gasteiger partial charge is 0.309 e. The van der Waals surface area contributed by atoms with E-state index < -0.39 is 0 Å². The molecule has 42 heavy (non-hydrogen) atoms. The van der Waals surface area contributed by atoms with Crippen LogP contribution >= 0.6 is 11.3 Å². The molecule has 198 valence electrons. The maximum absolute atomic E-state index is 4.94. The topological polar surface area (TPSA) is 40.6 Å². The zero-order valence-corrected chi connectivity index (χ0v) is 23.2. The molecule has 0 spiro atoms. The molecule has 0 amide bonds. The molecule has 0 saturated heterocycles. The Morgan fingerprint density at radius 3 is 1.86 bits per heavy atom. The molecule has 0 bridgehead atoms. The van der Waals surface area contributed by atoms with Gasteiger partial charge in [0.2, 0.25) is 0 Å². The van der Waals surface area contributed by atoms with Crippen LogP contribution in [0.15, 0.2) is 140 Å². The lowest BCUT2D eigenvalue weighted by Crippen LogP contribution is -1.98. The molecule has 0 atom stereocenters. The number of hydrogen-bond acceptors (Lipinski definition) is 3. The summed E-state index contributed by atoms with van der Waals surface area (Å²) >= 11 is 1.72. The maximum Gasteiger partial charge on any atom is 0.125 e. The molecule has 0 radical (unpaired) electrons. The third-order valence-corrected chi connectivity index (χ3v) is 9.10. The van der Waals surface area contributed by atoms with Crippen molar-refractivity contribution in [2.45, 2.75) is 0 Å². The molecule has 0 aliphatic heterocycles. The van der Waals surface area contributed by atoms with Crippen molar-refractivity contribution in [1.82, 2.24) is 23.9 Å². The minimum absolute atomic E-state index is 0.996. The van der Waals surface area contributed by atoms with Gasteiger partial charge in [-0.2, -0.15) is 5.10 Å². The van der Waals surface area contributed by atoms with E-state index in [4.69, 9.17) is 4.98 Å². The van der Waals surface area contributed by atoms with Crippen molar-refractivity contribution < 1.29 is 0 Å². The van der Waals surface area contributed by atoms with Crippen molar-refractivity contribution in [2.75, 3.05) is 0 Å². The molecular weight excluding hydrogens is 534 g/mol. The van der Waals surface area contributed by atoms with Crippen molar-refractivity contribution in [1.29, 1.82) is 0 Å². The molecule has 0 unspecified atom stereocenters. The third kappa shape index (κ3) is 3.42. The summed E-state index contributed by atoms with van der Waals surface area (Å²) in [5.74, 6) is 0. The molecule has 4 aromatic heterocycles. The minimum Gasteiger partial charge on any atom is -0.309 e. The Hall–Kier alpha value is -5.46. The highest BCUT2D eigenvalue weighted by atomic mass is 32.1. The molecule has 0 saturated carbocycles. The van der Waals surface area contributed by atoms with Crippen LogP contribution < -0.4 is 0 Å². The molecule has 0 aliphatic carbocycles. The second kappa shape index (κ2) is 9.03. The molecule has 6 heteroatoms. The first-order valence-corrected chi connectivity index (χ1v) is 14.7. The van der Waals surface area contributed by atoms with Crippen molar-refractivity contribution in [3.8, 4) is 26.9 Å². The molecule has 5 nitrogen and oxygen atoms in total. The van der Waals surface area contributed by atoms with Gasteiger partial charge in [-0.25, -0.2) is 9.67 Å². The molecular formula is C36H23N5S. The van der Waals surface area contributed by atoms with Crippen LogP contribution in [0.2, 0.25) is 0 Å². The first-order chi connectivity index (χ1) is 20.8. The number of benzene rings is 5. The fourth-order valence-corrected chi connectivity index (χ4v) is 7.18. The quantitative estimate of drug-likeness (QED) is 0.216. The number of hydrogen-bond donors (Lipinski definition) is 0. The van der Waals surface area contributed by atoms with Crippen LogP contribution in [0.1, 0.15) is 0 Å². The minimum atomic E-state index is 0.996. The highest BCUT2D eigenvalue weighted by Gasteiger charge is 2.17. The van der Waals surface area contributed by atoms with E-state index in [0.29, 0.717) is 0 Å². The normalized spacial score (nSPS) is 11.8. The number of aromatic nitrogens is 5. The van der Waals surface area contributed by atoms with Crippen LogP contribution in [-0.2, 0) is 0 Å². The third-order valence-electron chi connectivity index (χ3n) is 8.07. The average molecular weight is 558 g/mol. The van der Waals surface area contributed by atoms with Gasteiger partial charge in [0.1, 0.15) is 10.0 Å². The lowest BCUT2D eigenvalue weighted by atomic mass is 10.1. The van der Waals surface area contributed by atoms with Crippen LogP contribution in [0.5, 0.6) is 0 Å². The number of para-hydroxylation sites is 3. The van der Waals surface area contributed by atoms with Crippen molar-refractivity contribution >= 4 is 54.9 Å². The van der Waals surface area contributed by atoms with E-state index in [1.165, 1.54) is 38.1 Å². The lowest BCUT2D eigenvalue weighted by molar-refractivity contribution is 0.879. The van der Waals surface area contributed by atoms with Crippen molar-refractivity contribution in [3.05, 3.63) is 140 Å². The molecule has 5 aromatic carbocycles. The Morgan fingerprint density at radius 2 is 1.17 bits per heavy atom. The highest BCUT2D eigenvalue weighted by Crippen LogP contribution is 2.38. The number of nitrogens with zero attached hydrogens (tertiary/aromatic N) is 5. The van der Waals surface area contributed by atoms with E-state index in [1.807, 2.05) is 23.1 Å². The molecule has 9 rings (SSSR count). The lowest BCUT2D eigenvalue weighted by Gasteiger charge is -2.10. The Morgan fingerprint density at radius 1 is 0.524 bits per heavy atom. The highest BCUT2D eigenvalue weighted by molar-refractivity contribution is 7.17. The van der Waals surface area contributed by atoms with Crippen LogP contribution in [-0.4, -0.2) is 23.9 Å². The fourth-order valence-electron chi connectivity index (χ4n) is 6.24. The monoisotopic (exact) mass is 557 g/mol. The SMILES string of the molecule is c1cc(-n2cccn2)cc(-n2c3ccccc3c3ccc(-c4ncc(-n5c6ccccc6c6ccccc65)s4)cc32)c1. The molecule has 0 N–H and O–H groups in total.